The highest BCUT2D eigenvalue weighted by molar-refractivity contribution is 5.77. The lowest BCUT2D eigenvalue weighted by atomic mass is 10.0. The number of imidazole rings is 1. The van der Waals surface area contributed by atoms with E-state index < -0.39 is 0 Å². The number of allylic oxidation sites excluding steroid dienone is 1. The third kappa shape index (κ3) is 2.16. The maximum Gasteiger partial charge on any atom is 0.201 e. The first-order valence-electron chi connectivity index (χ1n) is 5.88. The second kappa shape index (κ2) is 4.20. The molecule has 1 heterocycles. The molecule has 0 saturated carbocycles. The Bertz CT molecular complexity index is 559. The van der Waals surface area contributed by atoms with Crippen LogP contribution in [0.25, 0.3) is 11.0 Å². The molecule has 0 amide bonds. The van der Waals surface area contributed by atoms with Gasteiger partial charge in [0, 0.05) is 6.04 Å². The Morgan fingerprint density at radius 2 is 2.29 bits per heavy atom. The minimum Gasteiger partial charge on any atom is -0.353 e. The largest absolute Gasteiger partial charge is 0.353 e. The van der Waals surface area contributed by atoms with Gasteiger partial charge in [0.05, 0.1) is 11.0 Å². The fraction of sp³-hybridized carbons (Fsp3) is 0.308. The monoisotopic (exact) mass is 231 g/mol. The zero-order valence-corrected chi connectivity index (χ0v) is 9.41. The van der Waals surface area contributed by atoms with E-state index in [-0.39, 0.29) is 5.82 Å². The number of aromatic amines is 1. The third-order valence-corrected chi connectivity index (χ3v) is 3.05. The van der Waals surface area contributed by atoms with E-state index in [4.69, 9.17) is 0 Å². The highest BCUT2D eigenvalue weighted by Gasteiger charge is 2.11. The topological polar surface area (TPSA) is 40.7 Å². The van der Waals surface area contributed by atoms with Crippen LogP contribution in [0.2, 0.25) is 0 Å². The summed E-state index contributed by atoms with van der Waals surface area (Å²) in [6.07, 6.45) is 7.62. The van der Waals surface area contributed by atoms with Gasteiger partial charge in [0.15, 0.2) is 0 Å². The molecule has 0 spiro atoms. The molecular formula is C13H14FN3. The zero-order valence-electron chi connectivity index (χ0n) is 9.41. The Hall–Kier alpha value is -1.84. The number of nitrogens with one attached hydrogen (secondary N) is 2. The molecule has 0 radical (unpaired) electrons. The number of H-pyrrole nitrogens is 1. The molecule has 1 unspecified atom stereocenters. The molecule has 2 aromatic rings. The van der Waals surface area contributed by atoms with Crippen molar-refractivity contribution >= 4 is 17.0 Å². The van der Waals surface area contributed by atoms with Gasteiger partial charge in [0.25, 0.3) is 0 Å². The van der Waals surface area contributed by atoms with E-state index >= 15 is 0 Å². The SMILES string of the molecule is Fc1ccc2nc(NC3CC=CCC3)[nH]c2c1. The van der Waals surface area contributed by atoms with Gasteiger partial charge in [0.2, 0.25) is 5.95 Å². The van der Waals surface area contributed by atoms with Crippen LogP contribution in [-0.2, 0) is 0 Å². The van der Waals surface area contributed by atoms with E-state index in [0.717, 1.165) is 36.2 Å². The molecule has 1 aliphatic rings. The van der Waals surface area contributed by atoms with Crippen molar-refractivity contribution in [2.75, 3.05) is 5.32 Å². The van der Waals surface area contributed by atoms with Gasteiger partial charge in [-0.15, -0.1) is 0 Å². The van der Waals surface area contributed by atoms with Gasteiger partial charge in [-0.05, 0) is 37.5 Å². The molecule has 1 aliphatic carbocycles. The molecule has 2 N–H and O–H groups in total. The van der Waals surface area contributed by atoms with Gasteiger partial charge >= 0.3 is 0 Å². The minimum atomic E-state index is -0.242. The first-order chi connectivity index (χ1) is 8.31. The van der Waals surface area contributed by atoms with Crippen molar-refractivity contribution in [2.45, 2.75) is 25.3 Å². The number of nitrogens with zero attached hydrogens (tertiary/aromatic N) is 1. The zero-order chi connectivity index (χ0) is 11.7. The van der Waals surface area contributed by atoms with Crippen molar-refractivity contribution in [2.24, 2.45) is 0 Å². The summed E-state index contributed by atoms with van der Waals surface area (Å²) in [6.45, 7) is 0. The molecule has 0 aliphatic heterocycles. The summed E-state index contributed by atoms with van der Waals surface area (Å²) < 4.78 is 13.0. The molecule has 0 saturated heterocycles. The summed E-state index contributed by atoms with van der Waals surface area (Å²) in [5, 5.41) is 3.35. The van der Waals surface area contributed by atoms with E-state index in [2.05, 4.69) is 27.4 Å². The number of hydrogen-bond acceptors (Lipinski definition) is 2. The predicted octanol–water partition coefficient (Wildman–Crippen LogP) is 3.22. The highest BCUT2D eigenvalue weighted by atomic mass is 19.1. The first kappa shape index (κ1) is 10.3. The minimum absolute atomic E-state index is 0.242. The van der Waals surface area contributed by atoms with Crippen LogP contribution in [0.5, 0.6) is 0 Å². The number of hydrogen-bond donors (Lipinski definition) is 2. The quantitative estimate of drug-likeness (QED) is 0.779. The molecule has 1 atom stereocenters. The third-order valence-electron chi connectivity index (χ3n) is 3.05. The molecule has 4 heteroatoms. The predicted molar refractivity (Wildman–Crippen MR) is 66.5 cm³/mol. The highest BCUT2D eigenvalue weighted by Crippen LogP contribution is 2.19. The molecular weight excluding hydrogens is 217 g/mol. The lowest BCUT2D eigenvalue weighted by molar-refractivity contribution is 0.629. The molecule has 1 aromatic heterocycles. The summed E-state index contributed by atoms with van der Waals surface area (Å²) in [5.41, 5.74) is 1.53. The van der Waals surface area contributed by atoms with Gasteiger partial charge in [-0.25, -0.2) is 9.37 Å². The Labute approximate surface area is 98.8 Å². The molecule has 0 fully saturated rings. The smallest absolute Gasteiger partial charge is 0.201 e. The Morgan fingerprint density at radius 3 is 3.12 bits per heavy atom. The second-order valence-corrected chi connectivity index (χ2v) is 4.37. The van der Waals surface area contributed by atoms with Crippen LogP contribution in [0.1, 0.15) is 19.3 Å². The van der Waals surface area contributed by atoms with Crippen molar-refractivity contribution in [1.82, 2.24) is 9.97 Å². The van der Waals surface area contributed by atoms with E-state index in [1.807, 2.05) is 0 Å². The molecule has 17 heavy (non-hydrogen) atoms. The number of benzene rings is 1. The van der Waals surface area contributed by atoms with Crippen LogP contribution in [0, 0.1) is 5.82 Å². The van der Waals surface area contributed by atoms with Gasteiger partial charge < -0.3 is 10.3 Å². The molecule has 0 bridgehead atoms. The van der Waals surface area contributed by atoms with Crippen LogP contribution < -0.4 is 5.32 Å². The van der Waals surface area contributed by atoms with Gasteiger partial charge in [-0.3, -0.25) is 0 Å². The molecule has 88 valence electrons. The van der Waals surface area contributed by atoms with E-state index in [9.17, 15) is 4.39 Å². The van der Waals surface area contributed by atoms with Gasteiger partial charge in [0.1, 0.15) is 5.82 Å². The van der Waals surface area contributed by atoms with Crippen molar-refractivity contribution < 1.29 is 4.39 Å². The summed E-state index contributed by atoms with van der Waals surface area (Å²) in [7, 11) is 0. The average molecular weight is 231 g/mol. The lowest BCUT2D eigenvalue weighted by Crippen LogP contribution is -2.20. The van der Waals surface area contributed by atoms with Crippen LogP contribution >= 0.6 is 0 Å². The molecule has 1 aromatic carbocycles. The second-order valence-electron chi connectivity index (χ2n) is 4.37. The van der Waals surface area contributed by atoms with E-state index in [1.165, 1.54) is 12.1 Å². The van der Waals surface area contributed by atoms with Crippen molar-refractivity contribution in [1.29, 1.82) is 0 Å². The first-order valence-corrected chi connectivity index (χ1v) is 5.88. The average Bonchev–Trinajstić information content (AvgIpc) is 2.71. The van der Waals surface area contributed by atoms with Crippen LogP contribution in [0.3, 0.4) is 0 Å². The van der Waals surface area contributed by atoms with Crippen LogP contribution in [0.15, 0.2) is 30.4 Å². The van der Waals surface area contributed by atoms with E-state index in [0.29, 0.717) is 6.04 Å². The number of halogens is 1. The standard InChI is InChI=1S/C13H14FN3/c14-9-6-7-11-12(8-9)17-13(16-11)15-10-4-2-1-3-5-10/h1-2,6-8,10H,3-5H2,(H2,15,16,17). The van der Waals surface area contributed by atoms with Crippen molar-refractivity contribution in [3.05, 3.63) is 36.2 Å². The molecule has 3 rings (SSSR count). The van der Waals surface area contributed by atoms with Crippen LogP contribution in [0.4, 0.5) is 10.3 Å². The summed E-state index contributed by atoms with van der Waals surface area (Å²) >= 11 is 0. The number of anilines is 1. The van der Waals surface area contributed by atoms with Crippen LogP contribution in [-0.4, -0.2) is 16.0 Å². The normalized spacial score (nSPS) is 19.7. The fourth-order valence-corrected chi connectivity index (χ4v) is 2.17. The van der Waals surface area contributed by atoms with Gasteiger partial charge in [-0.2, -0.15) is 0 Å². The maximum absolute atomic E-state index is 13.0. The Balaban J connectivity index is 1.83. The summed E-state index contributed by atoms with van der Waals surface area (Å²) in [4.78, 5) is 7.49. The van der Waals surface area contributed by atoms with Crippen molar-refractivity contribution in [3.63, 3.8) is 0 Å². The lowest BCUT2D eigenvalue weighted by Gasteiger charge is -2.18. The van der Waals surface area contributed by atoms with Gasteiger partial charge in [-0.1, -0.05) is 12.2 Å². The number of fused-ring (bicyclic) bond motifs is 1. The van der Waals surface area contributed by atoms with Crippen molar-refractivity contribution in [3.8, 4) is 0 Å². The van der Waals surface area contributed by atoms with E-state index in [1.54, 1.807) is 6.07 Å². The molecule has 3 nitrogen and oxygen atoms in total. The Kier molecular flexibility index (Phi) is 2.55. The number of rotatable bonds is 2. The number of aromatic nitrogens is 2. The Morgan fingerprint density at radius 1 is 1.35 bits per heavy atom. The maximum atomic E-state index is 13.0. The fourth-order valence-electron chi connectivity index (χ4n) is 2.17. The summed E-state index contributed by atoms with van der Waals surface area (Å²) in [5.74, 6) is 0.485. The summed E-state index contributed by atoms with van der Waals surface area (Å²) in [6, 6.07) is 5.00.